The largest absolute Gasteiger partial charge is 0.481 e. The Kier molecular flexibility index (Phi) is 7.26. The van der Waals surface area contributed by atoms with Crippen molar-refractivity contribution < 1.29 is 17.9 Å². The third-order valence-electron chi connectivity index (χ3n) is 5.04. The molecule has 180 valence electrons. The van der Waals surface area contributed by atoms with Gasteiger partial charge in [-0.1, -0.05) is 32.9 Å². The van der Waals surface area contributed by atoms with Gasteiger partial charge in [0, 0.05) is 17.1 Å². The molecule has 0 aliphatic heterocycles. The molecule has 2 aromatic carbocycles. The normalized spacial score (nSPS) is 12.6. The quantitative estimate of drug-likeness (QED) is 0.509. The molecule has 1 heterocycles. The molecule has 0 saturated heterocycles. The standard InChI is InChI=1S/C25H30N4O4S/c1-16-15-17(2)27-24(26-16)29-34(31,32)22-13-9-20(10-14-22)28-23(30)18(3)33-21-11-7-19(8-12-21)25(4,5)6/h7-15,18H,1-6H3,(H,28,30)(H,26,27,29)/t18-/m1/s1. The van der Waals surface area contributed by atoms with E-state index in [1.807, 2.05) is 24.3 Å². The second-order valence-electron chi connectivity index (χ2n) is 9.13. The number of rotatable bonds is 7. The number of ether oxygens (including phenoxy) is 1. The van der Waals surface area contributed by atoms with E-state index in [-0.39, 0.29) is 22.2 Å². The molecule has 0 unspecified atom stereocenters. The molecule has 1 amide bonds. The van der Waals surface area contributed by atoms with Crippen LogP contribution in [0.15, 0.2) is 59.5 Å². The monoisotopic (exact) mass is 482 g/mol. The van der Waals surface area contributed by atoms with Crippen LogP contribution < -0.4 is 14.8 Å². The predicted octanol–water partition coefficient (Wildman–Crippen LogP) is 4.60. The third kappa shape index (κ3) is 6.54. The average Bonchev–Trinajstić information content (AvgIpc) is 2.72. The number of benzene rings is 2. The number of anilines is 2. The summed E-state index contributed by atoms with van der Waals surface area (Å²) >= 11 is 0. The highest BCUT2D eigenvalue weighted by Gasteiger charge is 2.19. The molecular weight excluding hydrogens is 452 g/mol. The Labute approximate surface area is 200 Å². The minimum Gasteiger partial charge on any atom is -0.481 e. The first-order chi connectivity index (χ1) is 15.8. The van der Waals surface area contributed by atoms with Crippen molar-refractivity contribution in [3.8, 4) is 5.75 Å². The molecule has 2 N–H and O–H groups in total. The van der Waals surface area contributed by atoms with Crippen LogP contribution in [0.4, 0.5) is 11.6 Å². The summed E-state index contributed by atoms with van der Waals surface area (Å²) in [7, 11) is -3.88. The summed E-state index contributed by atoms with van der Waals surface area (Å²) < 4.78 is 33.4. The highest BCUT2D eigenvalue weighted by atomic mass is 32.2. The number of sulfonamides is 1. The van der Waals surface area contributed by atoms with Gasteiger partial charge in [0.25, 0.3) is 15.9 Å². The van der Waals surface area contributed by atoms with Crippen molar-refractivity contribution in [1.29, 1.82) is 0 Å². The number of carbonyl (C=O) groups excluding carboxylic acids is 1. The number of hydrogen-bond acceptors (Lipinski definition) is 6. The lowest BCUT2D eigenvalue weighted by molar-refractivity contribution is -0.122. The van der Waals surface area contributed by atoms with E-state index >= 15 is 0 Å². The highest BCUT2D eigenvalue weighted by Crippen LogP contribution is 2.25. The van der Waals surface area contributed by atoms with Crippen LogP contribution in [0.3, 0.4) is 0 Å². The molecule has 1 atom stereocenters. The van der Waals surface area contributed by atoms with E-state index in [9.17, 15) is 13.2 Å². The van der Waals surface area contributed by atoms with Gasteiger partial charge in [-0.15, -0.1) is 0 Å². The molecule has 8 nitrogen and oxygen atoms in total. The smallest absolute Gasteiger partial charge is 0.265 e. The molecule has 34 heavy (non-hydrogen) atoms. The van der Waals surface area contributed by atoms with Crippen molar-refractivity contribution in [1.82, 2.24) is 9.97 Å². The van der Waals surface area contributed by atoms with E-state index in [0.717, 1.165) is 0 Å². The fraction of sp³-hybridized carbons (Fsp3) is 0.320. The SMILES string of the molecule is Cc1cc(C)nc(NS(=O)(=O)c2ccc(NC(=O)[C@@H](C)Oc3ccc(C(C)(C)C)cc3)cc2)n1. The van der Waals surface area contributed by atoms with E-state index in [0.29, 0.717) is 22.8 Å². The van der Waals surface area contributed by atoms with Gasteiger partial charge in [0.2, 0.25) is 5.95 Å². The number of aromatic nitrogens is 2. The van der Waals surface area contributed by atoms with Gasteiger partial charge in [-0.05, 0) is 74.2 Å². The topological polar surface area (TPSA) is 110 Å². The first kappa shape index (κ1) is 25.2. The lowest BCUT2D eigenvalue weighted by Gasteiger charge is -2.20. The summed E-state index contributed by atoms with van der Waals surface area (Å²) in [5.41, 5.74) is 2.97. The first-order valence-corrected chi connectivity index (χ1v) is 12.3. The van der Waals surface area contributed by atoms with Gasteiger partial charge in [-0.25, -0.2) is 23.1 Å². The van der Waals surface area contributed by atoms with Crippen molar-refractivity contribution in [2.24, 2.45) is 0 Å². The van der Waals surface area contributed by atoms with Gasteiger partial charge in [-0.3, -0.25) is 4.79 Å². The zero-order chi connectivity index (χ0) is 25.1. The zero-order valence-electron chi connectivity index (χ0n) is 20.2. The number of nitrogens with one attached hydrogen (secondary N) is 2. The average molecular weight is 483 g/mol. The number of carbonyl (C=O) groups is 1. The number of nitrogens with zero attached hydrogens (tertiary/aromatic N) is 2. The van der Waals surface area contributed by atoms with E-state index in [1.165, 1.54) is 29.8 Å². The van der Waals surface area contributed by atoms with Gasteiger partial charge in [0.15, 0.2) is 6.10 Å². The Balaban J connectivity index is 1.62. The maximum absolute atomic E-state index is 12.7. The number of hydrogen-bond donors (Lipinski definition) is 2. The van der Waals surface area contributed by atoms with Crippen LogP contribution in [0.5, 0.6) is 5.75 Å². The molecule has 0 aliphatic carbocycles. The molecule has 3 rings (SSSR count). The Hall–Kier alpha value is -3.46. The molecule has 0 fully saturated rings. The maximum Gasteiger partial charge on any atom is 0.265 e. The van der Waals surface area contributed by atoms with E-state index in [1.54, 1.807) is 26.8 Å². The molecule has 0 bridgehead atoms. The molecule has 0 saturated carbocycles. The summed E-state index contributed by atoms with van der Waals surface area (Å²) in [5, 5.41) is 2.74. The minimum atomic E-state index is -3.88. The van der Waals surface area contributed by atoms with Crippen molar-refractivity contribution in [2.75, 3.05) is 10.0 Å². The Bertz CT molecular complexity index is 1250. The molecule has 0 aliphatic rings. The molecule has 0 spiro atoms. The fourth-order valence-corrected chi connectivity index (χ4v) is 4.15. The summed E-state index contributed by atoms with van der Waals surface area (Å²) in [6.45, 7) is 11.6. The summed E-state index contributed by atoms with van der Waals surface area (Å²) in [6.07, 6.45) is -0.743. The van der Waals surface area contributed by atoms with Crippen LogP contribution in [0.25, 0.3) is 0 Å². The molecular formula is C25H30N4O4S. The van der Waals surface area contributed by atoms with Gasteiger partial charge in [0.05, 0.1) is 4.90 Å². The maximum atomic E-state index is 12.7. The van der Waals surface area contributed by atoms with E-state index in [4.69, 9.17) is 4.74 Å². The minimum absolute atomic E-state index is 0.0105. The Morgan fingerprint density at radius 3 is 2.03 bits per heavy atom. The fourth-order valence-electron chi connectivity index (χ4n) is 3.20. The van der Waals surface area contributed by atoms with Crippen LogP contribution >= 0.6 is 0 Å². The Morgan fingerprint density at radius 1 is 0.941 bits per heavy atom. The number of amides is 1. The highest BCUT2D eigenvalue weighted by molar-refractivity contribution is 7.92. The predicted molar refractivity (Wildman–Crippen MR) is 133 cm³/mol. The summed E-state index contributed by atoms with van der Waals surface area (Å²) in [4.78, 5) is 20.8. The molecule has 9 heteroatoms. The first-order valence-electron chi connectivity index (χ1n) is 10.9. The van der Waals surface area contributed by atoms with E-state index in [2.05, 4.69) is 40.8 Å². The van der Waals surface area contributed by atoms with Crippen LogP contribution in [0.2, 0.25) is 0 Å². The lowest BCUT2D eigenvalue weighted by Crippen LogP contribution is -2.30. The zero-order valence-corrected chi connectivity index (χ0v) is 21.0. The molecule has 1 aromatic heterocycles. The second-order valence-corrected chi connectivity index (χ2v) is 10.8. The van der Waals surface area contributed by atoms with Gasteiger partial charge in [0.1, 0.15) is 5.75 Å². The number of aryl methyl sites for hydroxylation is 2. The van der Waals surface area contributed by atoms with E-state index < -0.39 is 16.1 Å². The van der Waals surface area contributed by atoms with Crippen molar-refractivity contribution >= 4 is 27.6 Å². The van der Waals surface area contributed by atoms with Crippen LogP contribution in [0, 0.1) is 13.8 Å². The Morgan fingerprint density at radius 2 is 1.50 bits per heavy atom. The summed E-state index contributed by atoms with van der Waals surface area (Å²) in [6, 6.07) is 15.2. The van der Waals surface area contributed by atoms with Gasteiger partial charge >= 0.3 is 0 Å². The van der Waals surface area contributed by atoms with Crippen LogP contribution in [0.1, 0.15) is 44.6 Å². The third-order valence-corrected chi connectivity index (χ3v) is 6.39. The van der Waals surface area contributed by atoms with Crippen molar-refractivity contribution in [2.45, 2.75) is 58.0 Å². The second kappa shape index (κ2) is 9.80. The summed E-state index contributed by atoms with van der Waals surface area (Å²) in [5.74, 6) is 0.255. The molecule has 3 aromatic rings. The van der Waals surface area contributed by atoms with Crippen LogP contribution in [-0.2, 0) is 20.2 Å². The van der Waals surface area contributed by atoms with Crippen molar-refractivity contribution in [3.63, 3.8) is 0 Å². The van der Waals surface area contributed by atoms with Crippen molar-refractivity contribution in [3.05, 3.63) is 71.5 Å². The van der Waals surface area contributed by atoms with Gasteiger partial charge in [-0.2, -0.15) is 0 Å². The molecule has 0 radical (unpaired) electrons. The van der Waals surface area contributed by atoms with Gasteiger partial charge < -0.3 is 10.1 Å². The van der Waals surface area contributed by atoms with Crippen LogP contribution in [-0.4, -0.2) is 30.4 Å². The lowest BCUT2D eigenvalue weighted by atomic mass is 9.87.